The van der Waals surface area contributed by atoms with Crippen molar-refractivity contribution < 1.29 is 17.9 Å². The first kappa shape index (κ1) is 18.0. The third kappa shape index (κ3) is 7.48. The molecule has 0 saturated carbocycles. The van der Waals surface area contributed by atoms with Crippen molar-refractivity contribution in [3.8, 4) is 0 Å². The molecular weight excluding hydrogens is 279 g/mol. The molecule has 0 saturated heterocycles. The fraction of sp³-hybridized carbons (Fsp3) is 0.625. The maximum absolute atomic E-state index is 12.0. The predicted octanol–water partition coefficient (Wildman–Crippen LogP) is 4.11. The van der Waals surface area contributed by atoms with Crippen LogP contribution in [-0.4, -0.2) is 26.4 Å². The highest BCUT2D eigenvalue weighted by molar-refractivity contribution is 5.26. The molecule has 1 atom stereocenters. The van der Waals surface area contributed by atoms with Crippen LogP contribution in [0.2, 0.25) is 0 Å². The quantitative estimate of drug-likeness (QED) is 0.730. The third-order valence-corrected chi connectivity index (χ3v) is 3.16. The summed E-state index contributed by atoms with van der Waals surface area (Å²) in [6.07, 6.45) is -2.75. The monoisotopic (exact) mass is 303 g/mol. The predicted molar refractivity (Wildman–Crippen MR) is 78.3 cm³/mol. The maximum atomic E-state index is 12.0. The van der Waals surface area contributed by atoms with E-state index in [1.54, 1.807) is 0 Å². The second-order valence-electron chi connectivity index (χ2n) is 5.64. The Morgan fingerprint density at radius 3 is 2.52 bits per heavy atom. The summed E-state index contributed by atoms with van der Waals surface area (Å²) in [6.45, 7) is 3.22. The van der Waals surface area contributed by atoms with Gasteiger partial charge in [-0.15, -0.1) is 0 Å². The topological polar surface area (TPSA) is 21.3 Å². The zero-order valence-corrected chi connectivity index (χ0v) is 12.8. The summed E-state index contributed by atoms with van der Waals surface area (Å²) in [5.74, 6) is 0.573. The van der Waals surface area contributed by atoms with E-state index in [2.05, 4.69) is 36.0 Å². The van der Waals surface area contributed by atoms with Crippen LogP contribution in [0.4, 0.5) is 13.2 Å². The van der Waals surface area contributed by atoms with Crippen LogP contribution in [0.5, 0.6) is 0 Å². The van der Waals surface area contributed by atoms with Gasteiger partial charge in [0.1, 0.15) is 6.61 Å². The van der Waals surface area contributed by atoms with Crippen molar-refractivity contribution >= 4 is 0 Å². The highest BCUT2D eigenvalue weighted by atomic mass is 19.4. The number of nitrogens with one attached hydrogen (secondary N) is 1. The summed E-state index contributed by atoms with van der Waals surface area (Å²) in [6, 6.07) is 8.19. The molecule has 0 bridgehead atoms. The Morgan fingerprint density at radius 2 is 1.95 bits per heavy atom. The Balaban J connectivity index is 2.55. The minimum atomic E-state index is -4.26. The fourth-order valence-corrected chi connectivity index (χ4v) is 2.27. The first-order valence-electron chi connectivity index (χ1n) is 7.22. The van der Waals surface area contributed by atoms with Crippen LogP contribution in [-0.2, 0) is 11.2 Å². The van der Waals surface area contributed by atoms with Crippen molar-refractivity contribution in [2.75, 3.05) is 20.3 Å². The molecule has 0 heterocycles. The van der Waals surface area contributed by atoms with E-state index >= 15 is 0 Å². The molecule has 0 aliphatic carbocycles. The second-order valence-corrected chi connectivity index (χ2v) is 5.64. The van der Waals surface area contributed by atoms with Crippen molar-refractivity contribution in [1.82, 2.24) is 5.32 Å². The van der Waals surface area contributed by atoms with Crippen LogP contribution >= 0.6 is 0 Å². The zero-order valence-electron chi connectivity index (χ0n) is 12.8. The molecule has 0 aliphatic heterocycles. The van der Waals surface area contributed by atoms with Crippen LogP contribution in [0.3, 0.4) is 0 Å². The van der Waals surface area contributed by atoms with Crippen LogP contribution in [0.15, 0.2) is 24.3 Å². The van der Waals surface area contributed by atoms with Gasteiger partial charge in [-0.3, -0.25) is 0 Å². The molecule has 120 valence electrons. The van der Waals surface area contributed by atoms with Gasteiger partial charge in [-0.1, -0.05) is 38.1 Å². The Kier molecular flexibility index (Phi) is 7.18. The number of ether oxygens (including phenoxy) is 1. The summed E-state index contributed by atoms with van der Waals surface area (Å²) in [4.78, 5) is 0. The molecule has 0 radical (unpaired) electrons. The van der Waals surface area contributed by atoms with E-state index in [1.165, 1.54) is 5.56 Å². The van der Waals surface area contributed by atoms with E-state index in [4.69, 9.17) is 0 Å². The van der Waals surface area contributed by atoms with Gasteiger partial charge < -0.3 is 10.1 Å². The van der Waals surface area contributed by atoms with Gasteiger partial charge in [0, 0.05) is 12.6 Å². The van der Waals surface area contributed by atoms with Crippen molar-refractivity contribution in [1.29, 1.82) is 0 Å². The molecule has 0 spiro atoms. The molecule has 5 heteroatoms. The van der Waals surface area contributed by atoms with Gasteiger partial charge >= 0.3 is 6.18 Å². The molecule has 1 rings (SSSR count). The summed E-state index contributed by atoms with van der Waals surface area (Å²) >= 11 is 0. The van der Waals surface area contributed by atoms with Gasteiger partial charge in [0.25, 0.3) is 0 Å². The van der Waals surface area contributed by atoms with Crippen molar-refractivity contribution in [2.45, 2.75) is 38.9 Å². The minimum absolute atomic E-state index is 0.00495. The van der Waals surface area contributed by atoms with Gasteiger partial charge in [0.05, 0.1) is 0 Å². The number of rotatable bonds is 8. The Bertz CT molecular complexity index is 418. The van der Waals surface area contributed by atoms with Crippen molar-refractivity contribution in [3.63, 3.8) is 0 Å². The second kappa shape index (κ2) is 8.39. The highest BCUT2D eigenvalue weighted by Gasteiger charge is 2.27. The summed E-state index contributed by atoms with van der Waals surface area (Å²) in [5, 5.41) is 3.14. The van der Waals surface area contributed by atoms with E-state index in [-0.39, 0.29) is 12.6 Å². The first-order valence-corrected chi connectivity index (χ1v) is 7.22. The molecule has 1 aromatic rings. The Hall–Kier alpha value is -1.07. The van der Waals surface area contributed by atoms with Gasteiger partial charge in [-0.2, -0.15) is 13.2 Å². The molecule has 0 fully saturated rings. The maximum Gasteiger partial charge on any atom is 0.411 e. The van der Waals surface area contributed by atoms with Crippen LogP contribution in [0, 0.1) is 5.92 Å². The van der Waals surface area contributed by atoms with Crippen molar-refractivity contribution in [3.05, 3.63) is 35.4 Å². The smallest absolute Gasteiger partial charge is 0.372 e. The normalized spacial score (nSPS) is 13.7. The molecule has 0 amide bonds. The lowest BCUT2D eigenvalue weighted by Crippen LogP contribution is -2.21. The molecular formula is C16H24F3NO. The summed E-state index contributed by atoms with van der Waals surface area (Å²) < 4.78 is 40.7. The van der Waals surface area contributed by atoms with Gasteiger partial charge in [-0.05, 0) is 36.9 Å². The van der Waals surface area contributed by atoms with Crippen molar-refractivity contribution in [2.24, 2.45) is 5.92 Å². The van der Waals surface area contributed by atoms with E-state index in [0.29, 0.717) is 12.3 Å². The number of benzene rings is 1. The Labute approximate surface area is 124 Å². The molecule has 1 aromatic carbocycles. The highest BCUT2D eigenvalue weighted by Crippen LogP contribution is 2.20. The lowest BCUT2D eigenvalue weighted by atomic mass is 9.97. The number of hydrogen-bond donors (Lipinski definition) is 1. The molecule has 0 aliphatic rings. The minimum Gasteiger partial charge on any atom is -0.372 e. The largest absolute Gasteiger partial charge is 0.411 e. The first-order chi connectivity index (χ1) is 9.81. The lowest BCUT2D eigenvalue weighted by molar-refractivity contribution is -0.174. The van der Waals surface area contributed by atoms with Crippen LogP contribution in [0.1, 0.15) is 37.4 Å². The lowest BCUT2D eigenvalue weighted by Gasteiger charge is -2.18. The number of alkyl halides is 3. The zero-order chi connectivity index (χ0) is 15.9. The van der Waals surface area contributed by atoms with Crippen LogP contribution < -0.4 is 5.32 Å². The fourth-order valence-electron chi connectivity index (χ4n) is 2.27. The SMILES string of the molecule is CNC(CCOCC(F)(F)F)c1cccc(CC(C)C)c1. The molecule has 0 aromatic heterocycles. The van der Waals surface area contributed by atoms with E-state index in [9.17, 15) is 13.2 Å². The van der Waals surface area contributed by atoms with Gasteiger partial charge in [-0.25, -0.2) is 0 Å². The average Bonchev–Trinajstić information content (AvgIpc) is 2.37. The molecule has 1 N–H and O–H groups in total. The standard InChI is InChI=1S/C16H24F3NO/c1-12(2)9-13-5-4-6-14(10-13)15(20-3)7-8-21-11-16(17,18)19/h4-6,10,12,15,20H,7-9,11H2,1-3H3. The molecule has 2 nitrogen and oxygen atoms in total. The van der Waals surface area contributed by atoms with Gasteiger partial charge in [0.15, 0.2) is 0 Å². The molecule has 21 heavy (non-hydrogen) atoms. The van der Waals surface area contributed by atoms with Crippen LogP contribution in [0.25, 0.3) is 0 Å². The number of hydrogen-bond acceptors (Lipinski definition) is 2. The van der Waals surface area contributed by atoms with Gasteiger partial charge in [0.2, 0.25) is 0 Å². The third-order valence-electron chi connectivity index (χ3n) is 3.16. The van der Waals surface area contributed by atoms with E-state index in [1.807, 2.05) is 19.2 Å². The average molecular weight is 303 g/mol. The number of halogens is 3. The summed E-state index contributed by atoms with van der Waals surface area (Å²) in [5.41, 5.74) is 2.34. The molecule has 1 unspecified atom stereocenters. The summed E-state index contributed by atoms with van der Waals surface area (Å²) in [7, 11) is 1.81. The van der Waals surface area contributed by atoms with E-state index in [0.717, 1.165) is 12.0 Å². The van der Waals surface area contributed by atoms with E-state index < -0.39 is 12.8 Å². The Morgan fingerprint density at radius 1 is 1.24 bits per heavy atom.